The molecule has 1 unspecified atom stereocenters. The topological polar surface area (TPSA) is 145 Å². The van der Waals surface area contributed by atoms with Crippen molar-refractivity contribution in [2.75, 3.05) is 4.72 Å². The smallest absolute Gasteiger partial charge is 0.338 e. The summed E-state index contributed by atoms with van der Waals surface area (Å²) in [4.78, 5) is 19.6. The standard InChI is InChI=1S/C25H19FN4O5S/c1-15(23(31)18(14-27)24-28-21-11-4-5-12-22(21)29-24)35-25(32)16-7-6-8-17(13-16)36(33,34)30-20-10-3-2-9-19(20)26/h2-13,15,30-31H,1H3,(H,28,29). The average Bonchev–Trinajstić information content (AvgIpc) is 3.29. The van der Waals surface area contributed by atoms with Gasteiger partial charge in [-0.3, -0.25) is 4.72 Å². The number of aliphatic hydroxyl groups excluding tert-OH is 1. The number of hydrogen-bond acceptors (Lipinski definition) is 7. The van der Waals surface area contributed by atoms with Gasteiger partial charge < -0.3 is 14.8 Å². The number of rotatable bonds is 7. The number of allylic oxidation sites excluding steroid dienone is 1. The van der Waals surface area contributed by atoms with Gasteiger partial charge in [0.25, 0.3) is 10.0 Å². The number of sulfonamides is 1. The van der Waals surface area contributed by atoms with Gasteiger partial charge in [0.15, 0.2) is 17.7 Å². The molecule has 1 aromatic heterocycles. The molecule has 1 atom stereocenters. The first-order valence-corrected chi connectivity index (χ1v) is 12.0. The lowest BCUT2D eigenvalue weighted by Gasteiger charge is -2.14. The first-order chi connectivity index (χ1) is 17.2. The first kappa shape index (κ1) is 24.4. The van der Waals surface area contributed by atoms with Gasteiger partial charge in [-0.25, -0.2) is 22.6 Å². The van der Waals surface area contributed by atoms with Crippen molar-refractivity contribution in [3.05, 3.63) is 95.8 Å². The first-order valence-electron chi connectivity index (χ1n) is 10.6. The number of para-hydroxylation sites is 3. The molecule has 9 nitrogen and oxygen atoms in total. The number of nitrogens with zero attached hydrogens (tertiary/aromatic N) is 2. The maximum Gasteiger partial charge on any atom is 0.338 e. The fraction of sp³-hybridized carbons (Fsp3) is 0.0800. The van der Waals surface area contributed by atoms with Gasteiger partial charge in [-0.05, 0) is 49.4 Å². The number of H-pyrrole nitrogens is 1. The summed E-state index contributed by atoms with van der Waals surface area (Å²) in [6.45, 7) is 1.35. The molecule has 11 heteroatoms. The highest BCUT2D eigenvalue weighted by Crippen LogP contribution is 2.23. The maximum atomic E-state index is 13.9. The summed E-state index contributed by atoms with van der Waals surface area (Å²) in [7, 11) is -4.21. The molecule has 0 saturated heterocycles. The van der Waals surface area contributed by atoms with Crippen molar-refractivity contribution in [2.45, 2.75) is 17.9 Å². The molecule has 0 aliphatic carbocycles. The Labute approximate surface area is 205 Å². The number of hydrogen-bond donors (Lipinski definition) is 3. The van der Waals surface area contributed by atoms with Gasteiger partial charge in [-0.2, -0.15) is 5.26 Å². The number of halogens is 1. The Bertz CT molecular complexity index is 1610. The Balaban J connectivity index is 1.55. The van der Waals surface area contributed by atoms with E-state index in [2.05, 4.69) is 14.7 Å². The fourth-order valence-electron chi connectivity index (χ4n) is 3.33. The molecule has 36 heavy (non-hydrogen) atoms. The number of carbonyl (C=O) groups excluding carboxylic acids is 1. The van der Waals surface area contributed by atoms with Crippen LogP contribution in [0, 0.1) is 17.1 Å². The van der Waals surface area contributed by atoms with E-state index in [-0.39, 0.29) is 27.5 Å². The summed E-state index contributed by atoms with van der Waals surface area (Å²) in [6, 6.07) is 19.1. The molecule has 0 fully saturated rings. The van der Waals surface area contributed by atoms with Crippen LogP contribution in [0.15, 0.2) is 83.5 Å². The van der Waals surface area contributed by atoms with Gasteiger partial charge in [0.05, 0.1) is 27.2 Å². The van der Waals surface area contributed by atoms with Gasteiger partial charge in [-0.15, -0.1) is 0 Å². The molecule has 182 valence electrons. The second-order valence-corrected chi connectivity index (χ2v) is 9.32. The molecule has 0 amide bonds. The molecule has 0 radical (unpaired) electrons. The molecule has 4 rings (SSSR count). The van der Waals surface area contributed by atoms with Crippen molar-refractivity contribution in [1.82, 2.24) is 9.97 Å². The third kappa shape index (κ3) is 5.03. The maximum absolute atomic E-state index is 13.9. The minimum absolute atomic E-state index is 0.103. The highest BCUT2D eigenvalue weighted by atomic mass is 32.2. The Morgan fingerprint density at radius 2 is 1.86 bits per heavy atom. The van der Waals surface area contributed by atoms with Gasteiger partial charge in [0.1, 0.15) is 17.5 Å². The Kier molecular flexibility index (Phi) is 6.71. The zero-order valence-corrected chi connectivity index (χ0v) is 19.6. The number of nitrogens with one attached hydrogen (secondary N) is 2. The summed E-state index contributed by atoms with van der Waals surface area (Å²) in [6.07, 6.45) is -1.25. The van der Waals surface area contributed by atoms with E-state index in [9.17, 15) is 28.0 Å². The van der Waals surface area contributed by atoms with Crippen LogP contribution in [0.4, 0.5) is 10.1 Å². The van der Waals surface area contributed by atoms with Crippen LogP contribution in [-0.4, -0.2) is 35.6 Å². The summed E-state index contributed by atoms with van der Waals surface area (Å²) >= 11 is 0. The van der Waals surface area contributed by atoms with Crippen LogP contribution in [0.3, 0.4) is 0 Å². The quantitative estimate of drug-likeness (QED) is 0.189. The molecule has 3 aromatic carbocycles. The number of fused-ring (bicyclic) bond motifs is 1. The highest BCUT2D eigenvalue weighted by Gasteiger charge is 2.23. The van der Waals surface area contributed by atoms with Crippen molar-refractivity contribution in [1.29, 1.82) is 5.26 Å². The minimum atomic E-state index is -4.21. The number of aromatic nitrogens is 2. The van der Waals surface area contributed by atoms with Crippen molar-refractivity contribution >= 4 is 38.3 Å². The molecule has 0 aliphatic heterocycles. The second kappa shape index (κ2) is 9.89. The normalized spacial score (nSPS) is 12.9. The van der Waals surface area contributed by atoms with Crippen molar-refractivity contribution < 1.29 is 27.4 Å². The Morgan fingerprint density at radius 1 is 1.14 bits per heavy atom. The number of esters is 1. The van der Waals surface area contributed by atoms with Crippen LogP contribution in [0.2, 0.25) is 0 Å². The number of anilines is 1. The lowest BCUT2D eigenvalue weighted by molar-refractivity contribution is 0.0334. The fourth-order valence-corrected chi connectivity index (χ4v) is 4.44. The summed E-state index contributed by atoms with van der Waals surface area (Å²) in [5, 5.41) is 20.2. The number of imidazole rings is 1. The molecular formula is C25H19FN4O5S. The van der Waals surface area contributed by atoms with Crippen molar-refractivity contribution in [3.8, 4) is 6.07 Å². The van der Waals surface area contributed by atoms with E-state index in [0.717, 1.165) is 12.1 Å². The summed E-state index contributed by atoms with van der Waals surface area (Å²) in [5.41, 5.74) is 0.647. The van der Waals surface area contributed by atoms with E-state index in [1.165, 1.54) is 43.3 Å². The molecule has 0 spiro atoms. The Morgan fingerprint density at radius 3 is 2.58 bits per heavy atom. The predicted molar refractivity (Wildman–Crippen MR) is 130 cm³/mol. The van der Waals surface area contributed by atoms with Crippen LogP contribution in [0.1, 0.15) is 23.1 Å². The zero-order valence-electron chi connectivity index (χ0n) is 18.8. The summed E-state index contributed by atoms with van der Waals surface area (Å²) in [5.74, 6) is -2.13. The zero-order chi connectivity index (χ0) is 25.9. The predicted octanol–water partition coefficient (Wildman–Crippen LogP) is 4.54. The number of aliphatic hydroxyl groups is 1. The van der Waals surface area contributed by atoms with Crippen LogP contribution < -0.4 is 4.72 Å². The van der Waals surface area contributed by atoms with E-state index in [1.807, 2.05) is 6.07 Å². The van der Waals surface area contributed by atoms with Crippen LogP contribution in [-0.2, 0) is 14.8 Å². The second-order valence-electron chi connectivity index (χ2n) is 7.64. The van der Waals surface area contributed by atoms with E-state index in [1.54, 1.807) is 24.3 Å². The molecule has 4 aromatic rings. The van der Waals surface area contributed by atoms with E-state index < -0.39 is 33.7 Å². The minimum Gasteiger partial charge on any atom is -0.507 e. The van der Waals surface area contributed by atoms with Crippen LogP contribution >= 0.6 is 0 Å². The molecule has 0 aliphatic rings. The van der Waals surface area contributed by atoms with Crippen molar-refractivity contribution in [3.63, 3.8) is 0 Å². The average molecular weight is 507 g/mol. The lowest BCUT2D eigenvalue weighted by Crippen LogP contribution is -2.19. The van der Waals surface area contributed by atoms with E-state index in [4.69, 9.17) is 4.74 Å². The molecule has 0 bridgehead atoms. The Hall–Kier alpha value is -4.69. The third-order valence-corrected chi connectivity index (χ3v) is 6.52. The summed E-state index contributed by atoms with van der Waals surface area (Å²) < 4.78 is 46.7. The van der Waals surface area contributed by atoms with Crippen LogP contribution in [0.25, 0.3) is 16.6 Å². The molecular weight excluding hydrogens is 487 g/mol. The highest BCUT2D eigenvalue weighted by molar-refractivity contribution is 7.92. The van der Waals surface area contributed by atoms with Gasteiger partial charge >= 0.3 is 5.97 Å². The number of aromatic amines is 1. The SMILES string of the molecule is CC(OC(=O)c1cccc(S(=O)(=O)Nc2ccccc2F)c1)C(O)=C(C#N)c1nc2ccccc2[nH]1. The van der Waals surface area contributed by atoms with Gasteiger partial charge in [0.2, 0.25) is 0 Å². The number of benzene rings is 3. The monoisotopic (exact) mass is 506 g/mol. The number of ether oxygens (including phenoxy) is 1. The molecule has 0 saturated carbocycles. The molecule has 3 N–H and O–H groups in total. The number of nitriles is 1. The molecule has 1 heterocycles. The van der Waals surface area contributed by atoms with Gasteiger partial charge in [0, 0.05) is 0 Å². The van der Waals surface area contributed by atoms with E-state index >= 15 is 0 Å². The third-order valence-electron chi connectivity index (χ3n) is 5.16. The van der Waals surface area contributed by atoms with Crippen LogP contribution in [0.5, 0.6) is 0 Å². The number of carbonyl (C=O) groups is 1. The van der Waals surface area contributed by atoms with E-state index in [0.29, 0.717) is 11.0 Å². The lowest BCUT2D eigenvalue weighted by atomic mass is 10.1. The van der Waals surface area contributed by atoms with Gasteiger partial charge in [-0.1, -0.05) is 30.3 Å². The van der Waals surface area contributed by atoms with Crippen molar-refractivity contribution in [2.24, 2.45) is 0 Å². The largest absolute Gasteiger partial charge is 0.507 e.